The van der Waals surface area contributed by atoms with E-state index in [1.807, 2.05) is 37.3 Å². The van der Waals surface area contributed by atoms with Gasteiger partial charge in [0.05, 0.1) is 13.5 Å². The first kappa shape index (κ1) is 22.7. The van der Waals surface area contributed by atoms with Gasteiger partial charge in [0, 0.05) is 27.6 Å². The second kappa shape index (κ2) is 9.55. The Morgan fingerprint density at radius 2 is 1.73 bits per heavy atom. The molecule has 0 fully saturated rings. The maximum Gasteiger partial charge on any atom is 0.228 e. The molecule has 0 aromatic heterocycles. The fourth-order valence-corrected chi connectivity index (χ4v) is 4.46. The average Bonchev–Trinajstić information content (AvgIpc) is 3.05. The average molecular weight is 462 g/mol. The predicted octanol–water partition coefficient (Wildman–Crippen LogP) is 5.93. The lowest BCUT2D eigenvalue weighted by atomic mass is 10.0. The molecule has 0 aliphatic heterocycles. The molecular formula is C27H24FNO3S. The number of halogens is 1. The van der Waals surface area contributed by atoms with Crippen molar-refractivity contribution >= 4 is 39.6 Å². The van der Waals surface area contributed by atoms with Gasteiger partial charge in [0.2, 0.25) is 5.91 Å². The Morgan fingerprint density at radius 3 is 2.36 bits per heavy atom. The van der Waals surface area contributed by atoms with Crippen molar-refractivity contribution in [3.8, 4) is 5.75 Å². The number of ether oxygens (including phenoxy) is 1. The number of amides is 1. The van der Waals surface area contributed by atoms with E-state index in [9.17, 15) is 13.4 Å². The van der Waals surface area contributed by atoms with Crippen molar-refractivity contribution in [3.05, 3.63) is 94.8 Å². The van der Waals surface area contributed by atoms with E-state index >= 15 is 0 Å². The monoisotopic (exact) mass is 461 g/mol. The summed E-state index contributed by atoms with van der Waals surface area (Å²) in [5.41, 5.74) is 5.91. The summed E-state index contributed by atoms with van der Waals surface area (Å²) in [6.45, 7) is 1.95. The van der Waals surface area contributed by atoms with Crippen LogP contribution in [-0.4, -0.2) is 23.5 Å². The number of carbonyl (C=O) groups excluding carboxylic acids is 1. The summed E-state index contributed by atoms with van der Waals surface area (Å²) in [5, 5.41) is 2.90. The van der Waals surface area contributed by atoms with E-state index in [0.29, 0.717) is 11.4 Å². The van der Waals surface area contributed by atoms with Crippen LogP contribution in [0.3, 0.4) is 0 Å². The van der Waals surface area contributed by atoms with Gasteiger partial charge in [0.1, 0.15) is 11.6 Å². The van der Waals surface area contributed by atoms with E-state index in [4.69, 9.17) is 4.74 Å². The first-order valence-corrected chi connectivity index (χ1v) is 12.0. The van der Waals surface area contributed by atoms with Crippen LogP contribution in [0.25, 0.3) is 17.2 Å². The van der Waals surface area contributed by atoms with Gasteiger partial charge in [0.15, 0.2) is 0 Å². The van der Waals surface area contributed by atoms with Gasteiger partial charge >= 0.3 is 0 Å². The SMILES string of the molecule is COc1ccc(NC(=O)CC2=C(C)/C(=C/c3ccc(S(C)=O)cc3)c3ccc(F)cc32)cc1. The Kier molecular flexibility index (Phi) is 6.56. The van der Waals surface area contributed by atoms with Gasteiger partial charge in [-0.05, 0) is 94.9 Å². The van der Waals surface area contributed by atoms with E-state index < -0.39 is 10.8 Å². The number of hydrogen-bond acceptors (Lipinski definition) is 3. The van der Waals surface area contributed by atoms with E-state index in [1.54, 1.807) is 43.7 Å². The maximum absolute atomic E-state index is 14.1. The minimum Gasteiger partial charge on any atom is -0.497 e. The van der Waals surface area contributed by atoms with Crippen LogP contribution in [0.1, 0.15) is 30.0 Å². The van der Waals surface area contributed by atoms with E-state index in [0.717, 1.165) is 38.3 Å². The van der Waals surface area contributed by atoms with Crippen LogP contribution in [0.15, 0.2) is 77.2 Å². The molecule has 1 N–H and O–H groups in total. The van der Waals surface area contributed by atoms with Crippen molar-refractivity contribution < 1.29 is 18.1 Å². The van der Waals surface area contributed by atoms with Gasteiger partial charge in [0.25, 0.3) is 0 Å². The molecule has 1 atom stereocenters. The third kappa shape index (κ3) is 4.96. The molecule has 6 heteroatoms. The second-order valence-corrected chi connectivity index (χ2v) is 9.21. The quantitative estimate of drug-likeness (QED) is 0.495. The molecule has 1 amide bonds. The van der Waals surface area contributed by atoms with Crippen LogP contribution in [0.5, 0.6) is 5.75 Å². The molecule has 168 valence electrons. The molecule has 4 rings (SSSR count). The van der Waals surface area contributed by atoms with Gasteiger partial charge in [-0.1, -0.05) is 18.2 Å². The van der Waals surface area contributed by atoms with E-state index in [-0.39, 0.29) is 18.1 Å². The highest BCUT2D eigenvalue weighted by Gasteiger charge is 2.25. The fraction of sp³-hybridized carbons (Fsp3) is 0.148. The van der Waals surface area contributed by atoms with Gasteiger partial charge in [-0.3, -0.25) is 9.00 Å². The standard InChI is InChI=1S/C27H24FNO3S/c1-17-24(14-18-4-11-22(12-5-18)33(3)31)23-13-6-19(28)15-26(23)25(17)16-27(30)29-20-7-9-21(32-2)10-8-20/h4-15H,16H2,1-3H3,(H,29,30)/b24-14-. The summed E-state index contributed by atoms with van der Waals surface area (Å²) >= 11 is 0. The molecule has 1 aliphatic carbocycles. The zero-order chi connectivity index (χ0) is 23.5. The van der Waals surface area contributed by atoms with Crippen LogP contribution < -0.4 is 10.1 Å². The number of allylic oxidation sites excluding steroid dienone is 2. The normalized spacial score (nSPS) is 14.8. The lowest BCUT2D eigenvalue weighted by Gasteiger charge is -2.09. The van der Waals surface area contributed by atoms with Crippen molar-refractivity contribution in [1.82, 2.24) is 0 Å². The van der Waals surface area contributed by atoms with Gasteiger partial charge in [-0.2, -0.15) is 0 Å². The highest BCUT2D eigenvalue weighted by atomic mass is 32.2. The Bertz CT molecular complexity index is 1290. The van der Waals surface area contributed by atoms with Gasteiger partial charge < -0.3 is 10.1 Å². The Morgan fingerprint density at radius 1 is 1.03 bits per heavy atom. The Hall–Kier alpha value is -3.51. The Labute approximate surface area is 195 Å². The summed E-state index contributed by atoms with van der Waals surface area (Å²) < 4.78 is 30.9. The van der Waals surface area contributed by atoms with Crippen molar-refractivity contribution in [2.24, 2.45) is 0 Å². The summed E-state index contributed by atoms with van der Waals surface area (Å²) in [7, 11) is 0.545. The lowest BCUT2D eigenvalue weighted by molar-refractivity contribution is -0.115. The molecule has 1 unspecified atom stereocenters. The van der Waals surface area contributed by atoms with E-state index in [1.165, 1.54) is 12.1 Å². The number of fused-ring (bicyclic) bond motifs is 1. The highest BCUT2D eigenvalue weighted by molar-refractivity contribution is 7.84. The van der Waals surface area contributed by atoms with E-state index in [2.05, 4.69) is 5.32 Å². The third-order valence-corrected chi connectivity index (χ3v) is 6.62. The molecule has 3 aromatic carbocycles. The van der Waals surface area contributed by atoms with Crippen LogP contribution in [0.4, 0.5) is 10.1 Å². The first-order valence-electron chi connectivity index (χ1n) is 10.4. The van der Waals surface area contributed by atoms with Crippen molar-refractivity contribution in [1.29, 1.82) is 0 Å². The highest BCUT2D eigenvalue weighted by Crippen LogP contribution is 2.44. The third-order valence-electron chi connectivity index (χ3n) is 5.69. The Balaban J connectivity index is 1.64. The number of methoxy groups -OCH3 is 1. The van der Waals surface area contributed by atoms with Crippen LogP contribution in [0, 0.1) is 5.82 Å². The van der Waals surface area contributed by atoms with Gasteiger partial charge in [-0.25, -0.2) is 4.39 Å². The van der Waals surface area contributed by atoms with Crippen molar-refractivity contribution in [2.75, 3.05) is 18.7 Å². The van der Waals surface area contributed by atoms with Crippen molar-refractivity contribution in [3.63, 3.8) is 0 Å². The topological polar surface area (TPSA) is 55.4 Å². The zero-order valence-corrected chi connectivity index (χ0v) is 19.5. The van der Waals surface area contributed by atoms with Crippen LogP contribution >= 0.6 is 0 Å². The number of rotatable bonds is 6. The molecule has 4 nitrogen and oxygen atoms in total. The molecule has 1 aliphatic rings. The number of nitrogens with one attached hydrogen (secondary N) is 1. The molecule has 3 aromatic rings. The molecule has 0 radical (unpaired) electrons. The predicted molar refractivity (Wildman–Crippen MR) is 132 cm³/mol. The molecular weight excluding hydrogens is 437 g/mol. The molecule has 0 saturated carbocycles. The first-order chi connectivity index (χ1) is 15.9. The number of anilines is 1. The summed E-state index contributed by atoms with van der Waals surface area (Å²) in [4.78, 5) is 13.6. The smallest absolute Gasteiger partial charge is 0.228 e. The minimum absolute atomic E-state index is 0.124. The van der Waals surface area contributed by atoms with Crippen LogP contribution in [0.2, 0.25) is 0 Å². The largest absolute Gasteiger partial charge is 0.497 e. The zero-order valence-electron chi connectivity index (χ0n) is 18.6. The molecule has 0 heterocycles. The fourth-order valence-electron chi connectivity index (χ4n) is 3.94. The lowest BCUT2D eigenvalue weighted by Crippen LogP contribution is -2.12. The number of carbonyl (C=O) groups is 1. The van der Waals surface area contributed by atoms with Gasteiger partial charge in [-0.15, -0.1) is 0 Å². The number of hydrogen-bond donors (Lipinski definition) is 1. The summed E-state index contributed by atoms with van der Waals surface area (Å²) in [6, 6.07) is 19.3. The van der Waals surface area contributed by atoms with Crippen LogP contribution in [-0.2, 0) is 15.6 Å². The number of benzene rings is 3. The minimum atomic E-state index is -1.04. The molecule has 33 heavy (non-hydrogen) atoms. The maximum atomic E-state index is 14.1. The summed E-state index contributed by atoms with van der Waals surface area (Å²) in [6.07, 6.45) is 3.79. The second-order valence-electron chi connectivity index (χ2n) is 7.83. The molecule has 0 spiro atoms. The summed E-state index contributed by atoms with van der Waals surface area (Å²) in [5.74, 6) is 0.186. The molecule has 0 saturated heterocycles. The molecule has 0 bridgehead atoms. The van der Waals surface area contributed by atoms with Crippen molar-refractivity contribution in [2.45, 2.75) is 18.2 Å².